The Morgan fingerprint density at radius 1 is 1.18 bits per heavy atom. The molecule has 0 aliphatic carbocycles. The number of nitrogens with one attached hydrogen (secondary N) is 1. The highest BCUT2D eigenvalue weighted by molar-refractivity contribution is 9.10. The molecule has 1 heterocycles. The number of aromatic nitrogens is 1. The highest BCUT2D eigenvalue weighted by atomic mass is 79.9. The number of rotatable bonds is 3. The molecule has 3 N–H and O–H groups in total. The van der Waals surface area contributed by atoms with Crippen LogP contribution < -0.4 is 11.3 Å². The number of nitrogens with two attached hydrogens (primary N) is 1. The van der Waals surface area contributed by atoms with E-state index in [1.165, 1.54) is 0 Å². The molecule has 0 saturated carbocycles. The van der Waals surface area contributed by atoms with E-state index >= 15 is 0 Å². The second kappa shape index (κ2) is 5.40. The van der Waals surface area contributed by atoms with E-state index in [-0.39, 0.29) is 6.04 Å². The van der Waals surface area contributed by atoms with Gasteiger partial charge in [0.15, 0.2) is 0 Å². The Kier molecular flexibility index (Phi) is 3.89. The molecule has 0 bridgehead atoms. The van der Waals surface area contributed by atoms with Crippen molar-refractivity contribution in [2.45, 2.75) is 13.0 Å². The summed E-state index contributed by atoms with van der Waals surface area (Å²) in [5.41, 5.74) is 6.13. The summed E-state index contributed by atoms with van der Waals surface area (Å²) in [4.78, 5) is 4.19. The van der Waals surface area contributed by atoms with E-state index in [4.69, 9.17) is 5.84 Å². The molecule has 0 aliphatic heterocycles. The maximum atomic E-state index is 5.64. The van der Waals surface area contributed by atoms with Gasteiger partial charge in [-0.05, 0) is 35.7 Å². The van der Waals surface area contributed by atoms with E-state index in [0.717, 1.165) is 21.2 Å². The standard InChI is InChI=1S/C13H14BrN3/c1-9-6-11(8-16-7-9)13(17-15)10-2-4-12(14)5-3-10/h2-8,13,17H,15H2,1H3. The molecule has 0 amide bonds. The first-order valence-corrected chi connectivity index (χ1v) is 6.13. The summed E-state index contributed by atoms with van der Waals surface area (Å²) in [5, 5.41) is 0. The van der Waals surface area contributed by atoms with Crippen LogP contribution in [0.5, 0.6) is 0 Å². The number of hydrogen-bond acceptors (Lipinski definition) is 3. The van der Waals surface area contributed by atoms with Gasteiger partial charge in [-0.1, -0.05) is 34.1 Å². The summed E-state index contributed by atoms with van der Waals surface area (Å²) in [6, 6.07) is 10.1. The number of benzene rings is 1. The number of aryl methyl sites for hydroxylation is 1. The maximum Gasteiger partial charge on any atom is 0.0725 e. The number of halogens is 1. The van der Waals surface area contributed by atoms with Crippen molar-refractivity contribution in [1.82, 2.24) is 10.4 Å². The summed E-state index contributed by atoms with van der Waals surface area (Å²) >= 11 is 3.42. The molecule has 1 aromatic heterocycles. The molecule has 0 spiro atoms. The summed E-state index contributed by atoms with van der Waals surface area (Å²) in [6.07, 6.45) is 3.66. The lowest BCUT2D eigenvalue weighted by molar-refractivity contribution is 0.634. The average molecular weight is 292 g/mol. The van der Waals surface area contributed by atoms with Crippen LogP contribution in [0.3, 0.4) is 0 Å². The van der Waals surface area contributed by atoms with Gasteiger partial charge in [0, 0.05) is 16.9 Å². The van der Waals surface area contributed by atoms with Crippen LogP contribution in [0, 0.1) is 6.92 Å². The van der Waals surface area contributed by atoms with Crippen molar-refractivity contribution >= 4 is 15.9 Å². The fourth-order valence-corrected chi connectivity index (χ4v) is 2.04. The molecule has 4 heteroatoms. The summed E-state index contributed by atoms with van der Waals surface area (Å²) in [5.74, 6) is 5.64. The minimum absolute atomic E-state index is 0.0319. The smallest absolute Gasteiger partial charge is 0.0725 e. The molecule has 0 fully saturated rings. The van der Waals surface area contributed by atoms with Crippen molar-refractivity contribution < 1.29 is 0 Å². The summed E-state index contributed by atoms with van der Waals surface area (Å²) < 4.78 is 1.05. The predicted molar refractivity (Wildman–Crippen MR) is 72.3 cm³/mol. The van der Waals surface area contributed by atoms with Crippen molar-refractivity contribution in [2.24, 2.45) is 5.84 Å². The zero-order valence-corrected chi connectivity index (χ0v) is 11.1. The molecule has 2 rings (SSSR count). The van der Waals surface area contributed by atoms with Crippen LogP contribution in [-0.2, 0) is 0 Å². The molecule has 0 aliphatic rings. The third-order valence-corrected chi connectivity index (χ3v) is 3.13. The number of pyridine rings is 1. The molecule has 1 unspecified atom stereocenters. The first kappa shape index (κ1) is 12.2. The van der Waals surface area contributed by atoms with Crippen molar-refractivity contribution in [1.29, 1.82) is 0 Å². The number of nitrogens with zero attached hydrogens (tertiary/aromatic N) is 1. The van der Waals surface area contributed by atoms with Crippen LogP contribution in [0.1, 0.15) is 22.7 Å². The summed E-state index contributed by atoms with van der Waals surface area (Å²) in [6.45, 7) is 2.02. The van der Waals surface area contributed by atoms with Crippen LogP contribution in [0.2, 0.25) is 0 Å². The van der Waals surface area contributed by atoms with Crippen LogP contribution in [0.25, 0.3) is 0 Å². The van der Waals surface area contributed by atoms with Gasteiger partial charge in [-0.25, -0.2) is 5.43 Å². The Labute approximate surface area is 109 Å². The lowest BCUT2D eigenvalue weighted by Gasteiger charge is -2.17. The molecule has 88 valence electrons. The molecule has 2 aromatic rings. The number of hydrazine groups is 1. The average Bonchev–Trinajstić information content (AvgIpc) is 2.33. The highest BCUT2D eigenvalue weighted by Gasteiger charge is 2.12. The van der Waals surface area contributed by atoms with Gasteiger partial charge in [0.05, 0.1) is 6.04 Å². The zero-order chi connectivity index (χ0) is 12.3. The molecule has 1 atom stereocenters. The fourth-order valence-electron chi connectivity index (χ4n) is 1.78. The fraction of sp³-hybridized carbons (Fsp3) is 0.154. The van der Waals surface area contributed by atoms with Gasteiger partial charge in [-0.2, -0.15) is 0 Å². The topological polar surface area (TPSA) is 50.9 Å². The Balaban J connectivity index is 2.36. The van der Waals surface area contributed by atoms with Gasteiger partial charge in [0.25, 0.3) is 0 Å². The molecule has 17 heavy (non-hydrogen) atoms. The second-order valence-corrected chi connectivity index (χ2v) is 4.86. The lowest BCUT2D eigenvalue weighted by atomic mass is 10.00. The Bertz CT molecular complexity index is 496. The first-order valence-electron chi connectivity index (χ1n) is 5.34. The predicted octanol–water partition coefficient (Wildman–Crippen LogP) is 2.71. The van der Waals surface area contributed by atoms with Crippen LogP contribution in [0.15, 0.2) is 47.2 Å². The zero-order valence-electron chi connectivity index (χ0n) is 9.52. The molecule has 0 radical (unpaired) electrons. The van der Waals surface area contributed by atoms with Crippen molar-refractivity contribution in [2.75, 3.05) is 0 Å². The quantitative estimate of drug-likeness (QED) is 0.675. The third kappa shape index (κ3) is 2.91. The van der Waals surface area contributed by atoms with Gasteiger partial charge in [0.2, 0.25) is 0 Å². The van der Waals surface area contributed by atoms with Crippen LogP contribution >= 0.6 is 15.9 Å². The first-order chi connectivity index (χ1) is 8.20. The monoisotopic (exact) mass is 291 g/mol. The van der Waals surface area contributed by atoms with E-state index in [9.17, 15) is 0 Å². The maximum absolute atomic E-state index is 5.64. The second-order valence-electron chi connectivity index (χ2n) is 3.95. The van der Waals surface area contributed by atoms with Crippen LogP contribution in [0.4, 0.5) is 0 Å². The van der Waals surface area contributed by atoms with Gasteiger partial charge in [-0.15, -0.1) is 0 Å². The Morgan fingerprint density at radius 3 is 2.47 bits per heavy atom. The molecular weight excluding hydrogens is 278 g/mol. The Hall–Kier alpha value is -1.23. The van der Waals surface area contributed by atoms with Crippen molar-refractivity contribution in [3.63, 3.8) is 0 Å². The van der Waals surface area contributed by atoms with Crippen LogP contribution in [-0.4, -0.2) is 4.98 Å². The largest absolute Gasteiger partial charge is 0.271 e. The molecule has 1 aromatic carbocycles. The molecular formula is C13H14BrN3. The highest BCUT2D eigenvalue weighted by Crippen LogP contribution is 2.22. The Morgan fingerprint density at radius 2 is 1.88 bits per heavy atom. The summed E-state index contributed by atoms with van der Waals surface area (Å²) in [7, 11) is 0. The van der Waals surface area contributed by atoms with Gasteiger partial charge >= 0.3 is 0 Å². The van der Waals surface area contributed by atoms with E-state index in [1.54, 1.807) is 0 Å². The normalized spacial score (nSPS) is 12.4. The van der Waals surface area contributed by atoms with Crippen molar-refractivity contribution in [3.8, 4) is 0 Å². The minimum Gasteiger partial charge on any atom is -0.271 e. The van der Waals surface area contributed by atoms with E-state index in [0.29, 0.717) is 0 Å². The lowest BCUT2D eigenvalue weighted by Crippen LogP contribution is -2.28. The van der Waals surface area contributed by atoms with E-state index < -0.39 is 0 Å². The van der Waals surface area contributed by atoms with E-state index in [2.05, 4.69) is 32.4 Å². The van der Waals surface area contributed by atoms with Gasteiger partial charge < -0.3 is 0 Å². The van der Waals surface area contributed by atoms with Crippen molar-refractivity contribution in [3.05, 3.63) is 63.9 Å². The SMILES string of the molecule is Cc1cncc(C(NN)c2ccc(Br)cc2)c1. The van der Waals surface area contributed by atoms with Gasteiger partial charge in [-0.3, -0.25) is 10.8 Å². The number of hydrogen-bond donors (Lipinski definition) is 2. The molecule has 3 nitrogen and oxygen atoms in total. The molecule has 0 saturated heterocycles. The third-order valence-electron chi connectivity index (χ3n) is 2.60. The van der Waals surface area contributed by atoms with E-state index in [1.807, 2.05) is 43.6 Å². The van der Waals surface area contributed by atoms with Gasteiger partial charge in [0.1, 0.15) is 0 Å². The minimum atomic E-state index is -0.0319.